The standard InChI is InChI=1S/C21H25N5O3/c1-15-17(21(28)25-9-11-29-12-10-25)14-23-19(24-15)18-6-2-3-8-26(18)20(27)16-5-4-7-22-13-16/h4-5,7,13-14,18H,2-3,6,8-12H2,1H3. The van der Waals surface area contributed by atoms with Gasteiger partial charge in [-0.1, -0.05) is 0 Å². The smallest absolute Gasteiger partial charge is 0.257 e. The Morgan fingerprint density at radius 1 is 1.10 bits per heavy atom. The number of carbonyl (C=O) groups is 2. The van der Waals surface area contributed by atoms with Crippen LogP contribution in [0.2, 0.25) is 0 Å². The van der Waals surface area contributed by atoms with Crippen LogP contribution in [0, 0.1) is 6.92 Å². The van der Waals surface area contributed by atoms with Crippen molar-refractivity contribution in [3.05, 3.63) is 53.4 Å². The second-order valence-electron chi connectivity index (χ2n) is 7.38. The molecule has 152 valence electrons. The highest BCUT2D eigenvalue weighted by Crippen LogP contribution is 2.30. The maximum absolute atomic E-state index is 13.0. The zero-order chi connectivity index (χ0) is 20.2. The molecule has 2 aliphatic rings. The number of aryl methyl sites for hydroxylation is 1. The normalized spacial score (nSPS) is 19.8. The lowest BCUT2D eigenvalue weighted by molar-refractivity contribution is 0.0301. The molecule has 2 saturated heterocycles. The topological polar surface area (TPSA) is 88.5 Å². The van der Waals surface area contributed by atoms with Gasteiger partial charge in [-0.05, 0) is 38.3 Å². The van der Waals surface area contributed by atoms with Crippen LogP contribution in [0.5, 0.6) is 0 Å². The van der Waals surface area contributed by atoms with Crippen LogP contribution < -0.4 is 0 Å². The summed E-state index contributed by atoms with van der Waals surface area (Å²) < 4.78 is 5.32. The van der Waals surface area contributed by atoms with Crippen LogP contribution in [0.3, 0.4) is 0 Å². The molecule has 0 spiro atoms. The van der Waals surface area contributed by atoms with E-state index in [1.54, 1.807) is 35.6 Å². The van der Waals surface area contributed by atoms with Gasteiger partial charge < -0.3 is 14.5 Å². The molecular weight excluding hydrogens is 370 g/mol. The molecule has 2 amide bonds. The summed E-state index contributed by atoms with van der Waals surface area (Å²) in [6, 6.07) is 3.35. The van der Waals surface area contributed by atoms with E-state index in [-0.39, 0.29) is 17.9 Å². The summed E-state index contributed by atoms with van der Waals surface area (Å²) in [5.41, 5.74) is 1.72. The minimum absolute atomic E-state index is 0.0578. The fourth-order valence-electron chi connectivity index (χ4n) is 3.89. The van der Waals surface area contributed by atoms with Crippen LogP contribution in [-0.4, -0.2) is 69.4 Å². The number of ether oxygens (including phenoxy) is 1. The third-order valence-corrected chi connectivity index (χ3v) is 5.50. The number of pyridine rings is 1. The van der Waals surface area contributed by atoms with Gasteiger partial charge >= 0.3 is 0 Å². The Balaban J connectivity index is 1.57. The summed E-state index contributed by atoms with van der Waals surface area (Å²) >= 11 is 0. The molecule has 2 aliphatic heterocycles. The first-order chi connectivity index (χ1) is 14.1. The molecule has 0 bridgehead atoms. The molecule has 8 nitrogen and oxygen atoms in total. The summed E-state index contributed by atoms with van der Waals surface area (Å²) in [5.74, 6) is 0.472. The van der Waals surface area contributed by atoms with E-state index in [4.69, 9.17) is 4.74 Å². The first-order valence-electron chi connectivity index (χ1n) is 10.1. The highest BCUT2D eigenvalue weighted by atomic mass is 16.5. The van der Waals surface area contributed by atoms with E-state index in [2.05, 4.69) is 15.0 Å². The lowest BCUT2D eigenvalue weighted by Crippen LogP contribution is -2.41. The van der Waals surface area contributed by atoms with Gasteiger partial charge in [0.1, 0.15) is 0 Å². The molecule has 0 aromatic carbocycles. The SMILES string of the molecule is Cc1nc(C2CCCCN2C(=O)c2cccnc2)ncc1C(=O)N1CCOCC1. The molecule has 1 unspecified atom stereocenters. The largest absolute Gasteiger partial charge is 0.378 e. The van der Waals surface area contributed by atoms with E-state index in [0.29, 0.717) is 55.5 Å². The van der Waals surface area contributed by atoms with Gasteiger partial charge in [-0.25, -0.2) is 9.97 Å². The molecular formula is C21H25N5O3. The van der Waals surface area contributed by atoms with Gasteiger partial charge in [-0.15, -0.1) is 0 Å². The average Bonchev–Trinajstić information content (AvgIpc) is 2.79. The maximum atomic E-state index is 13.0. The molecule has 0 N–H and O–H groups in total. The van der Waals surface area contributed by atoms with Crippen molar-refractivity contribution in [2.45, 2.75) is 32.2 Å². The molecule has 8 heteroatoms. The Labute approximate surface area is 169 Å². The van der Waals surface area contributed by atoms with Crippen LogP contribution in [0.15, 0.2) is 30.7 Å². The first kappa shape index (κ1) is 19.4. The second kappa shape index (κ2) is 8.65. The van der Waals surface area contributed by atoms with Gasteiger partial charge in [0.05, 0.1) is 36.1 Å². The average molecular weight is 395 g/mol. The number of hydrogen-bond donors (Lipinski definition) is 0. The van der Waals surface area contributed by atoms with Gasteiger partial charge in [0, 0.05) is 38.2 Å². The van der Waals surface area contributed by atoms with Gasteiger partial charge in [-0.2, -0.15) is 0 Å². The van der Waals surface area contributed by atoms with Crippen LogP contribution >= 0.6 is 0 Å². The molecule has 4 rings (SSSR count). The molecule has 0 radical (unpaired) electrons. The molecule has 4 heterocycles. The summed E-state index contributed by atoms with van der Waals surface area (Å²) in [5, 5.41) is 0. The number of morpholine rings is 1. The second-order valence-corrected chi connectivity index (χ2v) is 7.38. The molecule has 2 aromatic heterocycles. The van der Waals surface area contributed by atoms with Crippen molar-refractivity contribution in [1.29, 1.82) is 0 Å². The highest BCUT2D eigenvalue weighted by Gasteiger charge is 2.31. The van der Waals surface area contributed by atoms with Crippen LogP contribution in [0.1, 0.15) is 57.5 Å². The van der Waals surface area contributed by atoms with Crippen molar-refractivity contribution in [3.8, 4) is 0 Å². The fourth-order valence-corrected chi connectivity index (χ4v) is 3.89. The van der Waals surface area contributed by atoms with Gasteiger partial charge in [-0.3, -0.25) is 14.6 Å². The maximum Gasteiger partial charge on any atom is 0.257 e. The number of hydrogen-bond acceptors (Lipinski definition) is 6. The van der Waals surface area contributed by atoms with E-state index >= 15 is 0 Å². The Hall–Kier alpha value is -2.87. The Kier molecular flexibility index (Phi) is 5.80. The highest BCUT2D eigenvalue weighted by molar-refractivity contribution is 5.95. The van der Waals surface area contributed by atoms with Crippen LogP contribution in [-0.2, 0) is 4.74 Å². The van der Waals surface area contributed by atoms with Crippen molar-refractivity contribution in [3.63, 3.8) is 0 Å². The quantitative estimate of drug-likeness (QED) is 0.790. The Bertz CT molecular complexity index is 883. The Morgan fingerprint density at radius 2 is 1.93 bits per heavy atom. The number of amides is 2. The molecule has 1 atom stereocenters. The third-order valence-electron chi connectivity index (χ3n) is 5.50. The van der Waals surface area contributed by atoms with Crippen molar-refractivity contribution in [2.24, 2.45) is 0 Å². The van der Waals surface area contributed by atoms with Crippen LogP contribution in [0.25, 0.3) is 0 Å². The summed E-state index contributed by atoms with van der Waals surface area (Å²) in [4.78, 5) is 42.6. The summed E-state index contributed by atoms with van der Waals surface area (Å²) in [7, 11) is 0. The predicted molar refractivity (Wildman–Crippen MR) is 105 cm³/mol. The molecule has 0 aliphatic carbocycles. The van der Waals surface area contributed by atoms with E-state index in [1.807, 2.05) is 11.8 Å². The van der Waals surface area contributed by atoms with Gasteiger partial charge in [0.25, 0.3) is 11.8 Å². The number of likely N-dealkylation sites (tertiary alicyclic amines) is 1. The number of aromatic nitrogens is 3. The van der Waals surface area contributed by atoms with Crippen molar-refractivity contribution in [1.82, 2.24) is 24.8 Å². The lowest BCUT2D eigenvalue weighted by Gasteiger charge is -2.35. The minimum atomic E-state index is -0.192. The van der Waals surface area contributed by atoms with Crippen molar-refractivity contribution in [2.75, 3.05) is 32.8 Å². The first-order valence-corrected chi connectivity index (χ1v) is 10.1. The van der Waals surface area contributed by atoms with E-state index in [0.717, 1.165) is 19.3 Å². The van der Waals surface area contributed by atoms with Gasteiger partial charge in [0.2, 0.25) is 0 Å². The monoisotopic (exact) mass is 395 g/mol. The van der Waals surface area contributed by atoms with E-state index < -0.39 is 0 Å². The third kappa shape index (κ3) is 4.12. The summed E-state index contributed by atoms with van der Waals surface area (Å²) in [6.07, 6.45) is 7.62. The number of nitrogens with zero attached hydrogens (tertiary/aromatic N) is 5. The zero-order valence-electron chi connectivity index (χ0n) is 16.6. The van der Waals surface area contributed by atoms with Crippen LogP contribution in [0.4, 0.5) is 0 Å². The fraction of sp³-hybridized carbons (Fsp3) is 0.476. The van der Waals surface area contributed by atoms with Crippen molar-refractivity contribution >= 4 is 11.8 Å². The lowest BCUT2D eigenvalue weighted by atomic mass is 10.00. The van der Waals surface area contributed by atoms with Crippen molar-refractivity contribution < 1.29 is 14.3 Å². The molecule has 2 fully saturated rings. The van der Waals surface area contributed by atoms with E-state index in [9.17, 15) is 9.59 Å². The summed E-state index contributed by atoms with van der Waals surface area (Å²) in [6.45, 7) is 4.75. The number of piperidine rings is 1. The minimum Gasteiger partial charge on any atom is -0.378 e. The predicted octanol–water partition coefficient (Wildman–Crippen LogP) is 2.02. The number of rotatable bonds is 3. The van der Waals surface area contributed by atoms with E-state index in [1.165, 1.54) is 0 Å². The molecule has 2 aromatic rings. The van der Waals surface area contributed by atoms with Gasteiger partial charge in [0.15, 0.2) is 5.82 Å². The number of carbonyl (C=O) groups excluding carboxylic acids is 2. The zero-order valence-corrected chi connectivity index (χ0v) is 16.6. The molecule has 29 heavy (non-hydrogen) atoms. The molecule has 0 saturated carbocycles. The Morgan fingerprint density at radius 3 is 2.66 bits per heavy atom.